The van der Waals surface area contributed by atoms with Gasteiger partial charge in [0.2, 0.25) is 0 Å². The summed E-state index contributed by atoms with van der Waals surface area (Å²) in [5.41, 5.74) is 13.6. The van der Waals surface area contributed by atoms with Crippen LogP contribution in [0.4, 0.5) is 0 Å². The number of methoxy groups -OCH3 is 2. The highest BCUT2D eigenvalue weighted by Crippen LogP contribution is 2.46. The number of ether oxygens (including phenoxy) is 5. The van der Waals surface area contributed by atoms with E-state index in [0.717, 1.165) is 143 Å². The molecule has 1 aromatic rings. The van der Waals surface area contributed by atoms with Gasteiger partial charge in [0.1, 0.15) is 11.9 Å². The number of phenolic OH excluding ortho intramolecular Hbond substituents is 1. The van der Waals surface area contributed by atoms with E-state index < -0.39 is 17.3 Å². The average molecular weight is 1670 g/mol. The number of carbonyl (C=O) groups is 1. The number of rotatable bonds is 64. The molecule has 0 amide bonds. The Labute approximate surface area is 744 Å². The molecule has 2 aliphatic carbocycles. The molecule has 0 aromatic heterocycles. The van der Waals surface area contributed by atoms with E-state index in [1.807, 2.05) is 19.9 Å². The SMILES string of the molecule is C=C(C)C(C)CCC(=C)C(C)CCC(C)(O)C1CCC(C(C)(CCC(C)C(=C)CCC(C)C(=C)C)OC(CCCCCCCCCCCCCCCCCCCCCc2cc(OC)cc(OC)c2O)C(CCCCCCCC)OC2CC(C)(C)C(C=CC(C)=CC=CC(C)=CC=CC=C(C)C=CC=C(C)C=CC3=C(C)CCCC3(C)C)=C(C)C2=O)O1. The molecule has 1 heterocycles. The molecule has 0 radical (unpaired) electrons. The fraction of sp³-hybridized carbons (Fsp3) is 0.673. The minimum atomic E-state index is -1.03. The molecule has 1 fully saturated rings. The highest BCUT2D eigenvalue weighted by atomic mass is 16.6. The Balaban J connectivity index is 1.53. The van der Waals surface area contributed by atoms with Crippen molar-refractivity contribution in [2.24, 2.45) is 34.5 Å². The van der Waals surface area contributed by atoms with Gasteiger partial charge in [-0.2, -0.15) is 0 Å². The van der Waals surface area contributed by atoms with E-state index >= 15 is 4.79 Å². The Morgan fingerprint density at radius 2 is 0.975 bits per heavy atom. The second-order valence-electron chi connectivity index (χ2n) is 39.9. The fourth-order valence-corrected chi connectivity index (χ4v) is 18.1. The Bertz CT molecular complexity index is 3630. The first-order valence-electron chi connectivity index (χ1n) is 48.8. The average Bonchev–Trinajstić information content (AvgIpc) is 1.58. The number of benzene rings is 1. The molecule has 1 saturated heterocycles. The third-order valence-electron chi connectivity index (χ3n) is 27.8. The fourth-order valence-electron chi connectivity index (χ4n) is 18.1. The molecule has 11 atom stereocenters. The molecule has 2 N–H and O–H groups in total. The van der Waals surface area contributed by atoms with Crippen molar-refractivity contribution in [2.45, 2.75) is 443 Å². The number of allylic oxidation sites excluding steroid dienone is 25. The smallest absolute Gasteiger partial charge is 0.187 e. The summed E-state index contributed by atoms with van der Waals surface area (Å²) in [5.74, 6) is 2.96. The monoisotopic (exact) mass is 1670 g/mol. The molecule has 8 heteroatoms. The normalized spacial score (nSPS) is 20.3. The van der Waals surface area contributed by atoms with Gasteiger partial charge in [-0.05, 0) is 242 Å². The van der Waals surface area contributed by atoms with Crippen molar-refractivity contribution in [3.8, 4) is 17.2 Å². The van der Waals surface area contributed by atoms with E-state index in [4.69, 9.17) is 30.3 Å². The van der Waals surface area contributed by atoms with Crippen molar-refractivity contribution in [1.82, 2.24) is 0 Å². The van der Waals surface area contributed by atoms with E-state index in [1.165, 1.54) is 192 Å². The van der Waals surface area contributed by atoms with Gasteiger partial charge in [0.15, 0.2) is 17.3 Å². The maximum atomic E-state index is 15.3. The number of aromatic hydroxyl groups is 1. The van der Waals surface area contributed by atoms with Crippen LogP contribution >= 0.6 is 0 Å². The highest BCUT2D eigenvalue weighted by molar-refractivity contribution is 6.00. The maximum Gasteiger partial charge on any atom is 0.187 e. The largest absolute Gasteiger partial charge is 0.504 e. The first-order valence-corrected chi connectivity index (χ1v) is 48.8. The molecule has 1 aliphatic heterocycles. The molecule has 3 aliphatic rings. The van der Waals surface area contributed by atoms with Crippen molar-refractivity contribution >= 4 is 5.78 Å². The van der Waals surface area contributed by atoms with E-state index in [9.17, 15) is 10.2 Å². The Morgan fingerprint density at radius 1 is 0.537 bits per heavy atom. The first-order chi connectivity index (χ1) is 57.5. The zero-order valence-corrected chi connectivity index (χ0v) is 81.8. The third-order valence-corrected chi connectivity index (χ3v) is 27.8. The standard InChI is InChI=1S/C113H182O8/c1-26-27-28-29-46-49-64-102(119-105-83-111(20,21)101(97(17)108(105)114)73-67-89(9)61-54-59-87(7)57-52-51-56-86(6)58-53-60-88(8)66-72-100-96(16)62-55-78-110(100,18)19)103(65-50-47-44-42-40-38-36-34-32-30-31-33-35-37-39-41-43-45-48-63-98-81-99(117-24)82-104(118-25)109(98)115)121-113(23,80-77-95(15)93(13)71-69-91(11)85(4)5)107-75-74-106(120-107)112(22,116)79-76-94(14)92(12)70-68-90(10)84(2)3/h51-54,56-61,66-67,72-73,81-82,90-91,94-95,102-103,105-107,115-116H,2,4,12-13,26-50,55,62-65,68-71,74-80,83H2,1,3,5-11,14-25H3. The lowest BCUT2D eigenvalue weighted by molar-refractivity contribution is -0.214. The lowest BCUT2D eigenvalue weighted by Crippen LogP contribution is -2.51. The van der Waals surface area contributed by atoms with Crippen molar-refractivity contribution in [3.63, 3.8) is 0 Å². The topological polar surface area (TPSA) is 104 Å². The Morgan fingerprint density at radius 3 is 1.45 bits per heavy atom. The molecule has 682 valence electrons. The van der Waals surface area contributed by atoms with Gasteiger partial charge in [-0.3, -0.25) is 4.79 Å². The van der Waals surface area contributed by atoms with Crippen LogP contribution in [0.3, 0.4) is 0 Å². The summed E-state index contributed by atoms with van der Waals surface area (Å²) in [5, 5.41) is 23.2. The third kappa shape index (κ3) is 41.0. The number of aliphatic hydroxyl groups is 1. The Hall–Kier alpha value is -5.77. The number of unbranched alkanes of at least 4 members (excludes halogenated alkanes) is 23. The maximum absolute atomic E-state index is 15.3. The summed E-state index contributed by atoms with van der Waals surface area (Å²) in [4.78, 5) is 15.3. The summed E-state index contributed by atoms with van der Waals surface area (Å²) >= 11 is 0. The van der Waals surface area contributed by atoms with E-state index in [1.54, 1.807) is 20.3 Å². The van der Waals surface area contributed by atoms with Crippen LogP contribution < -0.4 is 9.47 Å². The van der Waals surface area contributed by atoms with Crippen molar-refractivity contribution < 1.29 is 38.7 Å². The minimum absolute atomic E-state index is 0.0846. The molecule has 121 heavy (non-hydrogen) atoms. The van der Waals surface area contributed by atoms with Crippen molar-refractivity contribution in [1.29, 1.82) is 0 Å². The van der Waals surface area contributed by atoms with Gasteiger partial charge in [0.05, 0.1) is 49.8 Å². The molecule has 0 spiro atoms. The number of phenols is 1. The number of carbonyl (C=O) groups excluding carboxylic acids is 1. The van der Waals surface area contributed by atoms with Crippen LogP contribution in [-0.4, -0.2) is 71.9 Å². The zero-order chi connectivity index (χ0) is 89.6. The number of hydrogen-bond donors (Lipinski definition) is 2. The van der Waals surface area contributed by atoms with Gasteiger partial charge in [0.25, 0.3) is 0 Å². The zero-order valence-electron chi connectivity index (χ0n) is 81.8. The van der Waals surface area contributed by atoms with Crippen LogP contribution in [0.5, 0.6) is 17.2 Å². The van der Waals surface area contributed by atoms with Crippen LogP contribution in [0.25, 0.3) is 0 Å². The lowest BCUT2D eigenvalue weighted by atomic mass is 9.70. The van der Waals surface area contributed by atoms with Crippen LogP contribution in [0, 0.1) is 34.5 Å². The van der Waals surface area contributed by atoms with Crippen molar-refractivity contribution in [3.05, 3.63) is 196 Å². The summed E-state index contributed by atoms with van der Waals surface area (Å²) in [6, 6.07) is 3.67. The van der Waals surface area contributed by atoms with Gasteiger partial charge < -0.3 is 33.9 Å². The second kappa shape index (κ2) is 57.8. The van der Waals surface area contributed by atoms with Crippen LogP contribution in [-0.2, 0) is 25.4 Å². The van der Waals surface area contributed by atoms with Crippen LogP contribution in [0.1, 0.15) is 400 Å². The predicted octanol–water partition coefficient (Wildman–Crippen LogP) is 33.0. The van der Waals surface area contributed by atoms with E-state index in [0.29, 0.717) is 30.4 Å². The van der Waals surface area contributed by atoms with Gasteiger partial charge in [-0.25, -0.2) is 0 Å². The molecule has 1 aromatic carbocycles. The van der Waals surface area contributed by atoms with Gasteiger partial charge in [0, 0.05) is 11.6 Å². The molecule has 0 bridgehead atoms. The van der Waals surface area contributed by atoms with Crippen LogP contribution in [0.15, 0.2) is 190 Å². The molecular weight excluding hydrogens is 1490 g/mol. The number of ketones is 1. The quantitative estimate of drug-likeness (QED) is 0.0378. The lowest BCUT2D eigenvalue weighted by Gasteiger charge is -2.44. The molecule has 8 nitrogen and oxygen atoms in total. The van der Waals surface area contributed by atoms with Gasteiger partial charge in [-0.15, -0.1) is 0 Å². The summed E-state index contributed by atoms with van der Waals surface area (Å²) < 4.78 is 33.8. The number of Topliss-reactive ketones (excluding diaryl/α,β-unsaturated/α-hetero) is 1. The highest BCUT2D eigenvalue weighted by Gasteiger charge is 2.49. The predicted molar refractivity (Wildman–Crippen MR) is 524 cm³/mol. The van der Waals surface area contributed by atoms with Gasteiger partial charge >= 0.3 is 0 Å². The number of hydrogen-bond acceptors (Lipinski definition) is 8. The second-order valence-corrected chi connectivity index (χ2v) is 39.9. The van der Waals surface area contributed by atoms with E-state index in [-0.39, 0.29) is 58.6 Å². The molecular formula is C113H182O8. The molecule has 0 saturated carbocycles. The molecule has 4 rings (SSSR count). The molecule has 11 unspecified atom stereocenters. The summed E-state index contributed by atoms with van der Waals surface area (Å²) in [6.45, 7) is 60.0. The first kappa shape index (κ1) is 108. The van der Waals surface area contributed by atoms with Crippen molar-refractivity contribution in [2.75, 3.05) is 14.2 Å². The summed E-state index contributed by atoms with van der Waals surface area (Å²) in [7, 11) is 3.23. The minimum Gasteiger partial charge on any atom is -0.504 e. The number of aryl methyl sites for hydroxylation is 1. The summed E-state index contributed by atoms with van der Waals surface area (Å²) in [6.07, 6.45) is 75.1. The van der Waals surface area contributed by atoms with Crippen LogP contribution in [0.2, 0.25) is 0 Å². The Kier molecular flexibility index (Phi) is 51.3. The van der Waals surface area contributed by atoms with E-state index in [2.05, 4.69) is 223 Å². The van der Waals surface area contributed by atoms with Gasteiger partial charge in [-0.1, -0.05) is 378 Å².